The van der Waals surface area contributed by atoms with Gasteiger partial charge in [-0.05, 0) is 50.5 Å². The monoisotopic (exact) mass is 332 g/mol. The highest BCUT2D eigenvalue weighted by molar-refractivity contribution is 6.05. The highest BCUT2D eigenvalue weighted by atomic mass is 16.2. The molecule has 126 valence electrons. The van der Waals surface area contributed by atoms with Gasteiger partial charge in [0.05, 0.1) is 16.7 Å². The Bertz CT molecular complexity index is 1000. The molecular weight excluding hydrogens is 312 g/mol. The summed E-state index contributed by atoms with van der Waals surface area (Å²) < 4.78 is 2.13. The lowest BCUT2D eigenvalue weighted by Crippen LogP contribution is -2.19. The molecule has 1 amide bonds. The van der Waals surface area contributed by atoms with Crippen LogP contribution in [0.2, 0.25) is 0 Å². The van der Waals surface area contributed by atoms with E-state index in [0.29, 0.717) is 5.56 Å². The quantitative estimate of drug-likeness (QED) is 0.747. The standard InChI is InChI=1S/C20H20N4O/c1-3-24-13(2)21-18-12-15(9-11-19(18)24)20(25)23-22-17-10-8-14-6-4-5-7-16(14)17/h4-7,9,11-12H,3,8,10H2,1-2H3,(H,23,25). The fraction of sp³-hybridized carbons (Fsp3) is 0.250. The lowest BCUT2D eigenvalue weighted by atomic mass is 10.1. The van der Waals surface area contributed by atoms with Gasteiger partial charge in [0.15, 0.2) is 0 Å². The molecule has 0 aliphatic heterocycles. The minimum absolute atomic E-state index is 0.206. The van der Waals surface area contributed by atoms with Gasteiger partial charge in [-0.3, -0.25) is 4.79 Å². The number of benzene rings is 2. The summed E-state index contributed by atoms with van der Waals surface area (Å²) in [5, 5.41) is 4.35. The van der Waals surface area contributed by atoms with Crippen LogP contribution in [0, 0.1) is 6.92 Å². The molecule has 4 rings (SSSR count). The van der Waals surface area contributed by atoms with Crippen molar-refractivity contribution in [2.45, 2.75) is 33.2 Å². The van der Waals surface area contributed by atoms with Crippen molar-refractivity contribution in [3.05, 3.63) is 65.0 Å². The molecule has 1 N–H and O–H groups in total. The van der Waals surface area contributed by atoms with Gasteiger partial charge in [0, 0.05) is 17.7 Å². The lowest BCUT2D eigenvalue weighted by molar-refractivity contribution is 0.0955. The van der Waals surface area contributed by atoms with Gasteiger partial charge in [-0.25, -0.2) is 10.4 Å². The van der Waals surface area contributed by atoms with Crippen LogP contribution in [0.1, 0.15) is 40.7 Å². The summed E-state index contributed by atoms with van der Waals surface area (Å²) in [6.45, 7) is 4.93. The molecule has 1 aliphatic rings. The van der Waals surface area contributed by atoms with Gasteiger partial charge in [0.25, 0.3) is 5.91 Å². The van der Waals surface area contributed by atoms with Crippen molar-refractivity contribution in [2.75, 3.05) is 0 Å². The summed E-state index contributed by atoms with van der Waals surface area (Å²) in [4.78, 5) is 17.0. The maximum atomic E-state index is 12.5. The van der Waals surface area contributed by atoms with Crippen molar-refractivity contribution in [3.8, 4) is 0 Å². The third-order valence-electron chi connectivity index (χ3n) is 4.77. The number of aromatic nitrogens is 2. The summed E-state index contributed by atoms with van der Waals surface area (Å²) in [5.41, 5.74) is 8.52. The number of hydrogen-bond acceptors (Lipinski definition) is 3. The van der Waals surface area contributed by atoms with E-state index in [1.807, 2.05) is 37.3 Å². The van der Waals surface area contributed by atoms with Crippen LogP contribution in [0.15, 0.2) is 47.6 Å². The molecule has 0 unspecified atom stereocenters. The van der Waals surface area contributed by atoms with Crippen LogP contribution in [0.5, 0.6) is 0 Å². The van der Waals surface area contributed by atoms with E-state index in [-0.39, 0.29) is 5.91 Å². The van der Waals surface area contributed by atoms with Crippen molar-refractivity contribution >= 4 is 22.7 Å². The smallest absolute Gasteiger partial charge is 0.271 e. The second-order valence-corrected chi connectivity index (χ2v) is 6.26. The molecule has 1 heterocycles. The van der Waals surface area contributed by atoms with Crippen LogP contribution in [-0.2, 0) is 13.0 Å². The van der Waals surface area contributed by atoms with Crippen molar-refractivity contribution in [3.63, 3.8) is 0 Å². The molecule has 0 bridgehead atoms. The summed E-state index contributed by atoms with van der Waals surface area (Å²) in [6, 6.07) is 13.8. The Labute approximate surface area is 146 Å². The van der Waals surface area contributed by atoms with Crippen LogP contribution in [-0.4, -0.2) is 21.2 Å². The van der Waals surface area contributed by atoms with Crippen LogP contribution in [0.25, 0.3) is 11.0 Å². The molecule has 0 spiro atoms. The van der Waals surface area contributed by atoms with Gasteiger partial charge < -0.3 is 4.57 Å². The van der Waals surface area contributed by atoms with Gasteiger partial charge in [-0.15, -0.1) is 0 Å². The minimum Gasteiger partial charge on any atom is -0.329 e. The highest BCUT2D eigenvalue weighted by Gasteiger charge is 2.17. The lowest BCUT2D eigenvalue weighted by Gasteiger charge is -2.04. The first-order chi connectivity index (χ1) is 12.2. The predicted octanol–water partition coefficient (Wildman–Crippen LogP) is 3.44. The Hall–Kier alpha value is -2.95. The van der Waals surface area contributed by atoms with Gasteiger partial charge in [0.1, 0.15) is 5.82 Å². The summed E-state index contributed by atoms with van der Waals surface area (Å²) in [5.74, 6) is 0.750. The van der Waals surface area contributed by atoms with Gasteiger partial charge >= 0.3 is 0 Å². The number of aryl methyl sites for hydroxylation is 3. The maximum absolute atomic E-state index is 12.5. The Balaban J connectivity index is 1.58. The molecule has 3 aromatic rings. The van der Waals surface area contributed by atoms with Gasteiger partial charge in [0.2, 0.25) is 0 Å². The van der Waals surface area contributed by atoms with Crippen LogP contribution in [0.3, 0.4) is 0 Å². The third-order valence-corrected chi connectivity index (χ3v) is 4.77. The Morgan fingerprint density at radius 1 is 1.24 bits per heavy atom. The van der Waals surface area contributed by atoms with E-state index in [1.54, 1.807) is 0 Å². The fourth-order valence-corrected chi connectivity index (χ4v) is 3.50. The number of nitrogens with one attached hydrogen (secondary N) is 1. The molecule has 2 aromatic carbocycles. The van der Waals surface area contributed by atoms with E-state index >= 15 is 0 Å². The molecular formula is C20H20N4O. The first kappa shape index (κ1) is 15.6. The highest BCUT2D eigenvalue weighted by Crippen LogP contribution is 2.22. The predicted molar refractivity (Wildman–Crippen MR) is 98.9 cm³/mol. The van der Waals surface area contributed by atoms with E-state index in [4.69, 9.17) is 0 Å². The molecule has 0 fully saturated rings. The molecule has 5 heteroatoms. The summed E-state index contributed by atoms with van der Waals surface area (Å²) in [7, 11) is 0. The minimum atomic E-state index is -0.206. The Morgan fingerprint density at radius 3 is 2.92 bits per heavy atom. The van der Waals surface area contributed by atoms with Crippen LogP contribution >= 0.6 is 0 Å². The summed E-state index contributed by atoms with van der Waals surface area (Å²) >= 11 is 0. The zero-order valence-corrected chi connectivity index (χ0v) is 14.4. The van der Waals surface area contributed by atoms with Crippen LogP contribution in [0.4, 0.5) is 0 Å². The SMILES string of the molecule is CCn1c(C)nc2cc(C(=O)NN=C3CCc4ccccc43)ccc21. The normalized spacial score (nSPS) is 14.9. The van der Waals surface area contributed by atoms with E-state index in [1.165, 1.54) is 5.56 Å². The number of hydrogen-bond donors (Lipinski definition) is 1. The number of imidazole rings is 1. The van der Waals surface area contributed by atoms with E-state index < -0.39 is 0 Å². The number of fused-ring (bicyclic) bond motifs is 2. The van der Waals surface area contributed by atoms with Crippen molar-refractivity contribution in [1.82, 2.24) is 15.0 Å². The second kappa shape index (κ2) is 6.16. The van der Waals surface area contributed by atoms with Crippen molar-refractivity contribution in [1.29, 1.82) is 0 Å². The zero-order valence-electron chi connectivity index (χ0n) is 14.4. The molecule has 5 nitrogen and oxygen atoms in total. The topological polar surface area (TPSA) is 59.3 Å². The number of rotatable bonds is 3. The van der Waals surface area contributed by atoms with Gasteiger partial charge in [-0.1, -0.05) is 24.3 Å². The number of hydrazone groups is 1. The fourth-order valence-electron chi connectivity index (χ4n) is 3.50. The third kappa shape index (κ3) is 2.71. The first-order valence-corrected chi connectivity index (χ1v) is 8.59. The van der Waals surface area contributed by atoms with Crippen molar-refractivity contribution < 1.29 is 4.79 Å². The van der Waals surface area contributed by atoms with Crippen LogP contribution < -0.4 is 5.43 Å². The van der Waals surface area contributed by atoms with E-state index in [2.05, 4.69) is 39.1 Å². The number of carbonyl (C=O) groups excluding carboxylic acids is 1. The Kier molecular flexibility index (Phi) is 3.84. The molecule has 0 radical (unpaired) electrons. The number of nitrogens with zero attached hydrogens (tertiary/aromatic N) is 3. The average Bonchev–Trinajstić information content (AvgIpc) is 3.18. The molecule has 0 atom stereocenters. The average molecular weight is 332 g/mol. The number of amides is 1. The van der Waals surface area contributed by atoms with Gasteiger partial charge in [-0.2, -0.15) is 5.10 Å². The Morgan fingerprint density at radius 2 is 2.08 bits per heavy atom. The molecule has 25 heavy (non-hydrogen) atoms. The largest absolute Gasteiger partial charge is 0.329 e. The van der Waals surface area contributed by atoms with E-state index in [9.17, 15) is 4.79 Å². The molecule has 1 aromatic heterocycles. The summed E-state index contributed by atoms with van der Waals surface area (Å²) in [6.07, 6.45) is 1.84. The number of carbonyl (C=O) groups is 1. The van der Waals surface area contributed by atoms with Crippen molar-refractivity contribution in [2.24, 2.45) is 5.10 Å². The molecule has 0 saturated heterocycles. The maximum Gasteiger partial charge on any atom is 0.271 e. The first-order valence-electron chi connectivity index (χ1n) is 8.59. The molecule has 0 saturated carbocycles. The second-order valence-electron chi connectivity index (χ2n) is 6.26. The zero-order chi connectivity index (χ0) is 17.4. The molecule has 1 aliphatic carbocycles. The van der Waals surface area contributed by atoms with E-state index in [0.717, 1.165) is 47.5 Å².